The smallest absolute Gasteiger partial charge is 0.166 e. The maximum Gasteiger partial charge on any atom is 0.166 e. The van der Waals surface area contributed by atoms with Gasteiger partial charge in [-0.15, -0.1) is 0 Å². The van der Waals surface area contributed by atoms with E-state index in [0.29, 0.717) is 0 Å². The number of para-hydroxylation sites is 1. The lowest BCUT2D eigenvalue weighted by Gasteiger charge is -2.26. The zero-order valence-electron chi connectivity index (χ0n) is 10.9. The molecule has 1 aliphatic heterocycles. The molecule has 0 aliphatic carbocycles. The topological polar surface area (TPSA) is 45.3 Å². The van der Waals surface area contributed by atoms with Crippen molar-refractivity contribution in [2.45, 2.75) is 6.42 Å². The highest BCUT2D eigenvalue weighted by atomic mass is 16.5. The van der Waals surface area contributed by atoms with Crippen LogP contribution in [0.5, 0.6) is 0 Å². The van der Waals surface area contributed by atoms with E-state index in [2.05, 4.69) is 16.0 Å². The van der Waals surface area contributed by atoms with E-state index in [-0.39, 0.29) is 0 Å². The van der Waals surface area contributed by atoms with Gasteiger partial charge >= 0.3 is 0 Å². The van der Waals surface area contributed by atoms with Crippen LogP contribution in [0, 0.1) is 0 Å². The van der Waals surface area contributed by atoms with Crippen LogP contribution in [-0.2, 0) is 11.2 Å². The molecule has 19 heavy (non-hydrogen) atoms. The van der Waals surface area contributed by atoms with Gasteiger partial charge < -0.3 is 9.72 Å². The lowest BCUT2D eigenvalue weighted by molar-refractivity contribution is 0.0384. The number of H-pyrrole nitrogens is 1. The largest absolute Gasteiger partial charge is 0.379 e. The minimum atomic E-state index is 0.717. The summed E-state index contributed by atoms with van der Waals surface area (Å²) >= 11 is 0. The molecule has 3 rings (SSSR count). The van der Waals surface area contributed by atoms with Gasteiger partial charge in [0.1, 0.15) is 0 Å². The highest BCUT2D eigenvalue weighted by Gasteiger charge is 2.14. The first-order valence-corrected chi connectivity index (χ1v) is 6.73. The maximum atomic E-state index is 11.2. The number of hydrogen-bond acceptors (Lipinski definition) is 3. The minimum Gasteiger partial charge on any atom is -0.379 e. The van der Waals surface area contributed by atoms with Crippen LogP contribution >= 0.6 is 0 Å². The standard InChI is InChI=1S/C15H18N2O2/c18-11-15-13(5-6-17-7-9-19-10-8-17)12-3-1-2-4-14(12)16-15/h1-4,11,16H,5-10H2. The number of fused-ring (bicyclic) bond motifs is 1. The molecule has 1 aromatic heterocycles. The van der Waals surface area contributed by atoms with Crippen LogP contribution in [-0.4, -0.2) is 49.0 Å². The number of carbonyl (C=O) groups excluding carboxylic acids is 1. The van der Waals surface area contributed by atoms with Crippen LogP contribution in [0.4, 0.5) is 0 Å². The van der Waals surface area contributed by atoms with E-state index in [1.165, 1.54) is 0 Å². The molecule has 0 unspecified atom stereocenters. The first-order chi connectivity index (χ1) is 9.38. The van der Waals surface area contributed by atoms with Crippen molar-refractivity contribution in [2.75, 3.05) is 32.8 Å². The Morgan fingerprint density at radius 3 is 2.84 bits per heavy atom. The van der Waals surface area contributed by atoms with Crippen LogP contribution in [0.15, 0.2) is 24.3 Å². The van der Waals surface area contributed by atoms with E-state index in [1.54, 1.807) is 0 Å². The summed E-state index contributed by atoms with van der Waals surface area (Å²) in [7, 11) is 0. The monoisotopic (exact) mass is 258 g/mol. The van der Waals surface area contributed by atoms with E-state index in [0.717, 1.165) is 67.7 Å². The van der Waals surface area contributed by atoms with E-state index < -0.39 is 0 Å². The second-order valence-electron chi connectivity index (χ2n) is 4.88. The fraction of sp³-hybridized carbons (Fsp3) is 0.400. The number of nitrogens with zero attached hydrogens (tertiary/aromatic N) is 1. The number of aromatic amines is 1. The molecule has 4 heteroatoms. The fourth-order valence-corrected chi connectivity index (χ4v) is 2.69. The number of hydrogen-bond donors (Lipinski definition) is 1. The molecule has 0 atom stereocenters. The number of rotatable bonds is 4. The van der Waals surface area contributed by atoms with Gasteiger partial charge in [-0.1, -0.05) is 18.2 Å². The van der Waals surface area contributed by atoms with Gasteiger partial charge in [-0.2, -0.15) is 0 Å². The molecule has 0 radical (unpaired) electrons. The molecule has 0 saturated carbocycles. The van der Waals surface area contributed by atoms with E-state index in [1.807, 2.05) is 18.2 Å². The Bertz CT molecular complexity index is 571. The lowest BCUT2D eigenvalue weighted by atomic mass is 10.1. The molecule has 0 amide bonds. The van der Waals surface area contributed by atoms with Gasteiger partial charge in [-0.25, -0.2) is 0 Å². The molecule has 0 spiro atoms. The van der Waals surface area contributed by atoms with Gasteiger partial charge in [0.15, 0.2) is 6.29 Å². The summed E-state index contributed by atoms with van der Waals surface area (Å²) in [4.78, 5) is 16.8. The number of ether oxygens (including phenoxy) is 1. The summed E-state index contributed by atoms with van der Waals surface area (Å²) < 4.78 is 5.35. The Labute approximate surface area is 112 Å². The maximum absolute atomic E-state index is 11.2. The van der Waals surface area contributed by atoms with Crippen molar-refractivity contribution >= 4 is 17.2 Å². The SMILES string of the molecule is O=Cc1[nH]c2ccccc2c1CCN1CCOCC1. The Morgan fingerprint density at radius 2 is 2.05 bits per heavy atom. The zero-order chi connectivity index (χ0) is 13.1. The third-order valence-corrected chi connectivity index (χ3v) is 3.75. The minimum absolute atomic E-state index is 0.717. The van der Waals surface area contributed by atoms with Gasteiger partial charge in [0, 0.05) is 30.5 Å². The number of aldehydes is 1. The van der Waals surface area contributed by atoms with Crippen molar-refractivity contribution in [3.8, 4) is 0 Å². The number of carbonyl (C=O) groups is 1. The molecule has 1 fully saturated rings. The third-order valence-electron chi connectivity index (χ3n) is 3.75. The highest BCUT2D eigenvalue weighted by molar-refractivity contribution is 5.92. The van der Waals surface area contributed by atoms with Crippen LogP contribution in [0.3, 0.4) is 0 Å². The Kier molecular flexibility index (Phi) is 3.62. The quantitative estimate of drug-likeness (QED) is 0.851. The molecule has 0 bridgehead atoms. The summed E-state index contributed by atoms with van der Waals surface area (Å²) in [6, 6.07) is 8.09. The molecular formula is C15H18N2O2. The van der Waals surface area contributed by atoms with Crippen LogP contribution in [0.2, 0.25) is 0 Å². The molecule has 1 aliphatic rings. The molecule has 4 nitrogen and oxygen atoms in total. The molecule has 1 N–H and O–H groups in total. The van der Waals surface area contributed by atoms with Crippen molar-refractivity contribution in [2.24, 2.45) is 0 Å². The second kappa shape index (κ2) is 5.55. The summed E-state index contributed by atoms with van der Waals surface area (Å²) in [6.45, 7) is 4.58. The van der Waals surface area contributed by atoms with Gasteiger partial charge in [0.25, 0.3) is 0 Å². The highest BCUT2D eigenvalue weighted by Crippen LogP contribution is 2.22. The summed E-state index contributed by atoms with van der Waals surface area (Å²) in [5, 5.41) is 1.16. The Balaban J connectivity index is 1.80. The Morgan fingerprint density at radius 1 is 1.26 bits per heavy atom. The molecule has 1 aromatic carbocycles. The summed E-state index contributed by atoms with van der Waals surface area (Å²) in [5.41, 5.74) is 2.90. The van der Waals surface area contributed by atoms with Gasteiger partial charge in [0.05, 0.1) is 18.9 Å². The number of benzene rings is 1. The number of morpholine rings is 1. The van der Waals surface area contributed by atoms with Crippen molar-refractivity contribution in [1.29, 1.82) is 0 Å². The van der Waals surface area contributed by atoms with Crippen molar-refractivity contribution < 1.29 is 9.53 Å². The predicted molar refractivity (Wildman–Crippen MR) is 74.6 cm³/mol. The average Bonchev–Trinajstić information content (AvgIpc) is 2.84. The van der Waals surface area contributed by atoms with E-state index in [4.69, 9.17) is 4.74 Å². The lowest BCUT2D eigenvalue weighted by Crippen LogP contribution is -2.37. The second-order valence-corrected chi connectivity index (χ2v) is 4.88. The fourth-order valence-electron chi connectivity index (χ4n) is 2.69. The summed E-state index contributed by atoms with van der Waals surface area (Å²) in [5.74, 6) is 0. The third kappa shape index (κ3) is 2.55. The molecular weight excluding hydrogens is 240 g/mol. The van der Waals surface area contributed by atoms with Gasteiger partial charge in [0.2, 0.25) is 0 Å². The van der Waals surface area contributed by atoms with Gasteiger partial charge in [-0.05, 0) is 18.1 Å². The van der Waals surface area contributed by atoms with Crippen LogP contribution in [0.1, 0.15) is 16.1 Å². The zero-order valence-corrected chi connectivity index (χ0v) is 10.9. The first kappa shape index (κ1) is 12.4. The number of nitrogens with one attached hydrogen (secondary N) is 1. The van der Waals surface area contributed by atoms with Crippen molar-refractivity contribution in [3.63, 3.8) is 0 Å². The normalized spacial score (nSPS) is 16.8. The first-order valence-electron chi connectivity index (χ1n) is 6.73. The van der Waals surface area contributed by atoms with E-state index >= 15 is 0 Å². The number of aromatic nitrogens is 1. The van der Waals surface area contributed by atoms with Crippen LogP contribution < -0.4 is 0 Å². The predicted octanol–water partition coefficient (Wildman–Crippen LogP) is 1.86. The summed E-state index contributed by atoms with van der Waals surface area (Å²) in [6.07, 6.45) is 1.83. The van der Waals surface area contributed by atoms with Crippen molar-refractivity contribution in [3.05, 3.63) is 35.5 Å². The Hall–Kier alpha value is -1.65. The van der Waals surface area contributed by atoms with Crippen LogP contribution in [0.25, 0.3) is 10.9 Å². The van der Waals surface area contributed by atoms with Gasteiger partial charge in [-0.3, -0.25) is 9.69 Å². The molecule has 2 heterocycles. The molecule has 1 saturated heterocycles. The molecule has 2 aromatic rings. The van der Waals surface area contributed by atoms with Crippen molar-refractivity contribution in [1.82, 2.24) is 9.88 Å². The molecule has 100 valence electrons. The van der Waals surface area contributed by atoms with E-state index in [9.17, 15) is 4.79 Å². The average molecular weight is 258 g/mol.